The molecule has 0 fully saturated rings. The fourth-order valence-corrected chi connectivity index (χ4v) is 3.67. The number of hydrogen-bond acceptors (Lipinski definition) is 6. The molecular formula is C20H15F2N5O2S. The summed E-state index contributed by atoms with van der Waals surface area (Å²) in [6.45, 7) is 0. The zero-order valence-electron chi connectivity index (χ0n) is 15.4. The first kappa shape index (κ1) is 19.6. The number of anilines is 2. The van der Waals surface area contributed by atoms with Gasteiger partial charge in [-0.2, -0.15) is 5.10 Å². The van der Waals surface area contributed by atoms with Gasteiger partial charge in [0.15, 0.2) is 5.13 Å². The van der Waals surface area contributed by atoms with Gasteiger partial charge >= 0.3 is 0 Å². The van der Waals surface area contributed by atoms with Gasteiger partial charge in [0.2, 0.25) is 5.91 Å². The fraction of sp³-hybridized carbons (Fsp3) is 0.100. The number of carbonyl (C=O) groups excluding carboxylic acids is 2. The Morgan fingerprint density at radius 2 is 1.70 bits per heavy atom. The molecule has 0 saturated carbocycles. The quantitative estimate of drug-likeness (QED) is 0.653. The highest BCUT2D eigenvalue weighted by molar-refractivity contribution is 7.14. The summed E-state index contributed by atoms with van der Waals surface area (Å²) < 4.78 is 26.3. The fourth-order valence-electron chi connectivity index (χ4n) is 2.95. The lowest BCUT2D eigenvalue weighted by atomic mass is 10.1. The minimum atomic E-state index is -0.859. The number of thiazole rings is 1. The van der Waals surface area contributed by atoms with Gasteiger partial charge < -0.3 is 5.73 Å². The Balaban J connectivity index is 1.51. The molecule has 1 aromatic heterocycles. The van der Waals surface area contributed by atoms with Gasteiger partial charge in [-0.15, -0.1) is 11.3 Å². The second-order valence-corrected chi connectivity index (χ2v) is 7.35. The molecule has 1 unspecified atom stereocenters. The van der Waals surface area contributed by atoms with E-state index in [2.05, 4.69) is 15.4 Å². The number of benzene rings is 2. The molecule has 2 aromatic carbocycles. The van der Waals surface area contributed by atoms with Crippen LogP contribution in [0.3, 0.4) is 0 Å². The van der Waals surface area contributed by atoms with Crippen LogP contribution in [0, 0.1) is 11.6 Å². The van der Waals surface area contributed by atoms with Gasteiger partial charge in [-0.1, -0.05) is 0 Å². The van der Waals surface area contributed by atoms with Gasteiger partial charge in [0, 0.05) is 17.4 Å². The molecule has 0 radical (unpaired) electrons. The molecular weight excluding hydrogens is 412 g/mol. The van der Waals surface area contributed by atoms with Gasteiger partial charge in [0.05, 0.1) is 11.4 Å². The van der Waals surface area contributed by atoms with Gasteiger partial charge in [-0.3, -0.25) is 19.9 Å². The predicted octanol–water partition coefficient (Wildman–Crippen LogP) is 3.15. The van der Waals surface area contributed by atoms with E-state index >= 15 is 0 Å². The Morgan fingerprint density at radius 1 is 1.07 bits per heavy atom. The molecule has 2 amide bonds. The second kappa shape index (κ2) is 7.99. The summed E-state index contributed by atoms with van der Waals surface area (Å²) >= 11 is 1.20. The molecule has 1 atom stereocenters. The van der Waals surface area contributed by atoms with Crippen LogP contribution in [0.2, 0.25) is 0 Å². The Kier molecular flexibility index (Phi) is 5.23. The average Bonchev–Trinajstić information content (AvgIpc) is 3.37. The summed E-state index contributed by atoms with van der Waals surface area (Å²) in [6.07, 6.45) is 0.00867. The molecule has 3 N–H and O–H groups in total. The van der Waals surface area contributed by atoms with Crippen LogP contribution in [0.25, 0.3) is 11.3 Å². The molecule has 4 rings (SSSR count). The van der Waals surface area contributed by atoms with Crippen molar-refractivity contribution in [3.05, 3.63) is 65.5 Å². The summed E-state index contributed by atoms with van der Waals surface area (Å²) in [7, 11) is 0. The average molecular weight is 427 g/mol. The smallest absolute Gasteiger partial charge is 0.273 e. The van der Waals surface area contributed by atoms with Gasteiger partial charge in [-0.05, 0) is 48.5 Å². The van der Waals surface area contributed by atoms with E-state index in [1.807, 2.05) is 0 Å². The SMILES string of the molecule is NC(=O)C1CC(C(=O)Nc2nc(-c3ccc(F)cc3)cs2)=NN1c1ccc(F)cc1. The molecule has 0 spiro atoms. The predicted molar refractivity (Wildman–Crippen MR) is 110 cm³/mol. The number of hydrazone groups is 1. The number of primary amides is 1. The highest BCUT2D eigenvalue weighted by Gasteiger charge is 2.35. The molecule has 2 heterocycles. The molecule has 7 nitrogen and oxygen atoms in total. The first-order valence-electron chi connectivity index (χ1n) is 8.85. The zero-order chi connectivity index (χ0) is 21.3. The van der Waals surface area contributed by atoms with Crippen molar-refractivity contribution >= 4 is 39.7 Å². The van der Waals surface area contributed by atoms with E-state index in [1.165, 1.54) is 52.7 Å². The van der Waals surface area contributed by atoms with Crippen LogP contribution in [0.4, 0.5) is 19.6 Å². The van der Waals surface area contributed by atoms with E-state index in [0.29, 0.717) is 22.1 Å². The normalized spacial score (nSPS) is 15.7. The zero-order valence-corrected chi connectivity index (χ0v) is 16.2. The third-order valence-corrected chi connectivity index (χ3v) is 5.21. The topological polar surface area (TPSA) is 101 Å². The number of aromatic nitrogens is 1. The van der Waals surface area contributed by atoms with Crippen LogP contribution in [0.15, 0.2) is 59.0 Å². The van der Waals surface area contributed by atoms with E-state index in [-0.39, 0.29) is 17.9 Å². The van der Waals surface area contributed by atoms with Crippen LogP contribution in [-0.2, 0) is 9.59 Å². The maximum atomic E-state index is 13.2. The number of halogens is 2. The van der Waals surface area contributed by atoms with Crippen molar-refractivity contribution < 1.29 is 18.4 Å². The summed E-state index contributed by atoms with van der Waals surface area (Å²) in [5.74, 6) is -1.96. The molecule has 3 aromatic rings. The van der Waals surface area contributed by atoms with E-state index in [4.69, 9.17) is 5.73 Å². The Hall–Kier alpha value is -3.66. The van der Waals surface area contributed by atoms with Gasteiger partial charge in [-0.25, -0.2) is 13.8 Å². The summed E-state index contributed by atoms with van der Waals surface area (Å²) in [6, 6.07) is 10.3. The number of carbonyl (C=O) groups is 2. The van der Waals surface area contributed by atoms with Crippen molar-refractivity contribution in [1.29, 1.82) is 0 Å². The lowest BCUT2D eigenvalue weighted by Crippen LogP contribution is -2.39. The minimum Gasteiger partial charge on any atom is -0.368 e. The highest BCUT2D eigenvalue weighted by Crippen LogP contribution is 2.27. The summed E-state index contributed by atoms with van der Waals surface area (Å²) in [4.78, 5) is 28.8. The monoisotopic (exact) mass is 427 g/mol. The second-order valence-electron chi connectivity index (χ2n) is 6.49. The summed E-state index contributed by atoms with van der Waals surface area (Å²) in [5.41, 5.74) is 7.29. The molecule has 152 valence electrons. The third kappa shape index (κ3) is 4.03. The lowest BCUT2D eigenvalue weighted by Gasteiger charge is -2.20. The van der Waals surface area contributed by atoms with Crippen molar-refractivity contribution in [2.24, 2.45) is 10.8 Å². The van der Waals surface area contributed by atoms with Crippen LogP contribution < -0.4 is 16.1 Å². The highest BCUT2D eigenvalue weighted by atomic mass is 32.1. The number of hydrogen-bond donors (Lipinski definition) is 2. The van der Waals surface area contributed by atoms with Crippen LogP contribution in [0.5, 0.6) is 0 Å². The van der Waals surface area contributed by atoms with E-state index in [9.17, 15) is 18.4 Å². The van der Waals surface area contributed by atoms with Crippen molar-refractivity contribution in [2.45, 2.75) is 12.5 Å². The van der Waals surface area contributed by atoms with Crippen molar-refractivity contribution in [3.8, 4) is 11.3 Å². The Labute approximate surface area is 173 Å². The number of rotatable bonds is 5. The third-order valence-electron chi connectivity index (χ3n) is 4.46. The number of nitrogens with two attached hydrogens (primary N) is 1. The lowest BCUT2D eigenvalue weighted by molar-refractivity contribution is -0.119. The van der Waals surface area contributed by atoms with Crippen molar-refractivity contribution in [2.75, 3.05) is 10.3 Å². The van der Waals surface area contributed by atoms with E-state index in [1.54, 1.807) is 17.5 Å². The Morgan fingerprint density at radius 3 is 2.33 bits per heavy atom. The minimum absolute atomic E-state index is 0.00867. The number of nitrogens with zero attached hydrogens (tertiary/aromatic N) is 3. The molecule has 0 aliphatic carbocycles. The van der Waals surface area contributed by atoms with Gasteiger partial charge in [0.1, 0.15) is 23.4 Å². The maximum absolute atomic E-state index is 13.2. The van der Waals surface area contributed by atoms with Crippen LogP contribution in [0.1, 0.15) is 6.42 Å². The first-order chi connectivity index (χ1) is 14.4. The Bertz CT molecular complexity index is 1130. The first-order valence-corrected chi connectivity index (χ1v) is 9.73. The maximum Gasteiger partial charge on any atom is 0.273 e. The molecule has 0 saturated heterocycles. The largest absolute Gasteiger partial charge is 0.368 e. The molecule has 1 aliphatic heterocycles. The van der Waals surface area contributed by atoms with Crippen LogP contribution in [-0.4, -0.2) is 28.6 Å². The molecule has 30 heavy (non-hydrogen) atoms. The van der Waals surface area contributed by atoms with E-state index in [0.717, 1.165) is 0 Å². The standard InChI is InChI=1S/C20H15F2N5O2S/c21-12-3-1-11(2-4-12)16-10-30-20(24-16)25-19(29)15-9-17(18(23)28)27(26-15)14-7-5-13(22)6-8-14/h1-8,10,17H,9H2,(H2,23,28)(H,24,25,29). The van der Waals surface area contributed by atoms with Crippen molar-refractivity contribution in [3.63, 3.8) is 0 Å². The molecule has 1 aliphatic rings. The van der Waals surface area contributed by atoms with Gasteiger partial charge in [0.25, 0.3) is 5.91 Å². The van der Waals surface area contributed by atoms with Crippen LogP contribution >= 0.6 is 11.3 Å². The number of nitrogens with one attached hydrogen (secondary N) is 1. The van der Waals surface area contributed by atoms with E-state index < -0.39 is 23.7 Å². The van der Waals surface area contributed by atoms with Crippen molar-refractivity contribution in [1.82, 2.24) is 4.98 Å². The number of amides is 2. The molecule has 0 bridgehead atoms. The molecule has 10 heteroatoms. The summed E-state index contributed by atoms with van der Waals surface area (Å²) in [5, 5.41) is 10.2.